The summed E-state index contributed by atoms with van der Waals surface area (Å²) in [6, 6.07) is 8.54. The van der Waals surface area contributed by atoms with E-state index in [9.17, 15) is 0 Å². The lowest BCUT2D eigenvalue weighted by Gasteiger charge is -2.30. The van der Waals surface area contributed by atoms with Crippen LogP contribution in [-0.4, -0.2) is 15.1 Å². The summed E-state index contributed by atoms with van der Waals surface area (Å²) in [6.45, 7) is 4.44. The highest BCUT2D eigenvalue weighted by atomic mass is 15.0. The summed E-state index contributed by atoms with van der Waals surface area (Å²) in [4.78, 5) is 4.41. The Labute approximate surface area is 119 Å². The molecule has 0 fully saturated rings. The highest BCUT2D eigenvalue weighted by molar-refractivity contribution is 5.60. The Morgan fingerprint density at radius 3 is 2.95 bits per heavy atom. The fourth-order valence-electron chi connectivity index (χ4n) is 2.81. The average molecular weight is 267 g/mol. The number of hydrogen-bond acceptors (Lipinski definition) is 2. The van der Waals surface area contributed by atoms with Crippen molar-refractivity contribution < 1.29 is 0 Å². The van der Waals surface area contributed by atoms with Crippen molar-refractivity contribution in [3.63, 3.8) is 0 Å². The molecule has 0 radical (unpaired) electrons. The number of para-hydroxylation sites is 1. The van der Waals surface area contributed by atoms with Crippen molar-refractivity contribution in [3.8, 4) is 0 Å². The lowest BCUT2D eigenvalue weighted by atomic mass is 9.92. The number of nitrogens with zero attached hydrogens (tertiary/aromatic N) is 2. The molecule has 0 amide bonds. The molecule has 3 rings (SSSR count). The molecule has 1 aliphatic carbocycles. The molecule has 1 unspecified atom stereocenters. The van der Waals surface area contributed by atoms with Crippen LogP contribution < -0.4 is 16.0 Å². The Hall–Kier alpha value is -2.03. The molecule has 1 aliphatic rings. The molecule has 0 saturated heterocycles. The summed E-state index contributed by atoms with van der Waals surface area (Å²) in [5.74, 6) is 0. The van der Waals surface area contributed by atoms with Gasteiger partial charge in [-0.25, -0.2) is 4.98 Å². The zero-order valence-corrected chi connectivity index (χ0v) is 12.4. The molecule has 1 heterocycles. The zero-order valence-electron chi connectivity index (χ0n) is 12.4. The molecule has 1 aromatic heterocycles. The van der Waals surface area contributed by atoms with E-state index < -0.39 is 0 Å². The van der Waals surface area contributed by atoms with Crippen molar-refractivity contribution >= 4 is 17.8 Å². The van der Waals surface area contributed by atoms with Gasteiger partial charge in [0.2, 0.25) is 0 Å². The number of aromatic nitrogens is 2. The summed E-state index contributed by atoms with van der Waals surface area (Å²) in [6.07, 6.45) is 8.39. The van der Waals surface area contributed by atoms with Gasteiger partial charge in [-0.05, 0) is 37.5 Å². The number of benzene rings is 1. The van der Waals surface area contributed by atoms with Gasteiger partial charge in [-0.1, -0.05) is 31.2 Å². The lowest BCUT2D eigenvalue weighted by Crippen LogP contribution is -2.43. The molecular formula is C17H21N3. The maximum absolute atomic E-state index is 4.41. The van der Waals surface area contributed by atoms with Gasteiger partial charge in [0.1, 0.15) is 0 Å². The molecule has 0 saturated carbocycles. The number of hydrogen-bond donors (Lipinski definition) is 1. The largest absolute Gasteiger partial charge is 0.376 e. The van der Waals surface area contributed by atoms with Gasteiger partial charge in [0.15, 0.2) is 0 Å². The number of rotatable bonds is 3. The first-order chi connectivity index (χ1) is 9.61. The van der Waals surface area contributed by atoms with E-state index in [1.165, 1.54) is 16.6 Å². The van der Waals surface area contributed by atoms with E-state index in [1.54, 1.807) is 0 Å². The Kier molecular flexibility index (Phi) is 3.13. The highest BCUT2D eigenvalue weighted by Gasteiger charge is 2.23. The third-order valence-corrected chi connectivity index (χ3v) is 4.01. The topological polar surface area (TPSA) is 29.9 Å². The van der Waals surface area contributed by atoms with Gasteiger partial charge in [0.25, 0.3) is 0 Å². The fourth-order valence-corrected chi connectivity index (χ4v) is 2.81. The maximum Gasteiger partial charge on any atom is 0.0955 e. The van der Waals surface area contributed by atoms with Gasteiger partial charge in [0, 0.05) is 12.7 Å². The van der Waals surface area contributed by atoms with Crippen LogP contribution in [0.5, 0.6) is 0 Å². The van der Waals surface area contributed by atoms with Crippen molar-refractivity contribution in [1.82, 2.24) is 9.55 Å². The molecule has 1 atom stereocenters. The Morgan fingerprint density at radius 2 is 2.15 bits per heavy atom. The standard InChI is InChI=1S/C17H21N3/c1-4-13-7-5-6-8-14(13)19-17(2)10-9-15-16(11-17)20(3)12-18-15/h5-9,11-12,19H,4,10H2,1-3H3. The van der Waals surface area contributed by atoms with Gasteiger partial charge < -0.3 is 9.88 Å². The molecule has 1 aromatic carbocycles. The van der Waals surface area contributed by atoms with Crippen LogP contribution in [0.4, 0.5) is 5.69 Å². The summed E-state index contributed by atoms with van der Waals surface area (Å²) in [5, 5.41) is 5.99. The summed E-state index contributed by atoms with van der Waals surface area (Å²) in [7, 11) is 2.04. The summed E-state index contributed by atoms with van der Waals surface area (Å²) < 4.78 is 2.08. The molecule has 3 nitrogen and oxygen atoms in total. The predicted octanol–water partition coefficient (Wildman–Crippen LogP) is 1.82. The maximum atomic E-state index is 4.41. The molecule has 0 aliphatic heterocycles. The van der Waals surface area contributed by atoms with E-state index in [-0.39, 0.29) is 5.54 Å². The van der Waals surface area contributed by atoms with Crippen LogP contribution in [0.1, 0.15) is 25.8 Å². The van der Waals surface area contributed by atoms with Crippen LogP contribution in [0.25, 0.3) is 12.2 Å². The zero-order chi connectivity index (χ0) is 14.2. The number of anilines is 1. The van der Waals surface area contributed by atoms with Crippen LogP contribution in [0.15, 0.2) is 30.6 Å². The Morgan fingerprint density at radius 1 is 1.35 bits per heavy atom. The highest BCUT2D eigenvalue weighted by Crippen LogP contribution is 2.24. The molecule has 3 heteroatoms. The molecular weight excluding hydrogens is 246 g/mol. The van der Waals surface area contributed by atoms with Crippen molar-refractivity contribution in [2.45, 2.75) is 32.2 Å². The Bertz CT molecular complexity index is 742. The minimum atomic E-state index is -0.0634. The molecule has 0 bridgehead atoms. The van der Waals surface area contributed by atoms with Crippen LogP contribution in [0, 0.1) is 0 Å². The summed E-state index contributed by atoms with van der Waals surface area (Å²) >= 11 is 0. The van der Waals surface area contributed by atoms with Crippen molar-refractivity contribution in [2.75, 3.05) is 5.32 Å². The average Bonchev–Trinajstić information content (AvgIpc) is 2.80. The number of fused-ring (bicyclic) bond motifs is 1. The van der Waals surface area contributed by atoms with Crippen LogP contribution in [0.2, 0.25) is 0 Å². The van der Waals surface area contributed by atoms with Crippen LogP contribution >= 0.6 is 0 Å². The van der Waals surface area contributed by atoms with E-state index in [0.29, 0.717) is 0 Å². The third kappa shape index (κ3) is 2.24. The molecule has 104 valence electrons. The SMILES string of the molecule is CCc1ccccc1NC1(C)C=c2c(ncn2C)=CC1. The van der Waals surface area contributed by atoms with Gasteiger partial charge in [0.05, 0.1) is 22.6 Å². The minimum absolute atomic E-state index is 0.0634. The first-order valence-electron chi connectivity index (χ1n) is 7.18. The second-order valence-corrected chi connectivity index (χ2v) is 5.73. The van der Waals surface area contributed by atoms with Gasteiger partial charge in [-0.2, -0.15) is 0 Å². The first-order valence-corrected chi connectivity index (χ1v) is 7.18. The minimum Gasteiger partial charge on any atom is -0.376 e. The number of imidazole rings is 1. The van der Waals surface area contributed by atoms with Crippen LogP contribution in [-0.2, 0) is 13.5 Å². The van der Waals surface area contributed by atoms with E-state index in [1.807, 2.05) is 13.4 Å². The normalized spacial score (nSPS) is 20.8. The molecule has 0 spiro atoms. The third-order valence-electron chi connectivity index (χ3n) is 4.01. The molecule has 20 heavy (non-hydrogen) atoms. The van der Waals surface area contributed by atoms with Crippen molar-refractivity contribution in [2.24, 2.45) is 7.05 Å². The van der Waals surface area contributed by atoms with E-state index in [4.69, 9.17) is 0 Å². The summed E-state index contributed by atoms with van der Waals surface area (Å²) in [5.41, 5.74) is 2.53. The second-order valence-electron chi connectivity index (χ2n) is 5.73. The van der Waals surface area contributed by atoms with Gasteiger partial charge in [-0.15, -0.1) is 0 Å². The monoisotopic (exact) mass is 267 g/mol. The van der Waals surface area contributed by atoms with Crippen molar-refractivity contribution in [1.29, 1.82) is 0 Å². The van der Waals surface area contributed by atoms with Crippen LogP contribution in [0.3, 0.4) is 0 Å². The van der Waals surface area contributed by atoms with E-state index >= 15 is 0 Å². The lowest BCUT2D eigenvalue weighted by molar-refractivity contribution is 0.683. The fraction of sp³-hybridized carbons (Fsp3) is 0.353. The van der Waals surface area contributed by atoms with Gasteiger partial charge in [-0.3, -0.25) is 0 Å². The van der Waals surface area contributed by atoms with E-state index in [0.717, 1.165) is 18.2 Å². The molecule has 1 N–H and O–H groups in total. The second kappa shape index (κ2) is 4.82. The smallest absolute Gasteiger partial charge is 0.0955 e. The first kappa shape index (κ1) is 13.0. The van der Waals surface area contributed by atoms with Gasteiger partial charge >= 0.3 is 0 Å². The molecule has 2 aromatic rings. The van der Waals surface area contributed by atoms with E-state index in [2.05, 4.69) is 65.1 Å². The number of aryl methyl sites for hydroxylation is 2. The Balaban J connectivity index is 1.99. The predicted molar refractivity (Wildman–Crippen MR) is 83.9 cm³/mol. The quantitative estimate of drug-likeness (QED) is 0.919. The number of nitrogens with one attached hydrogen (secondary N) is 1. The van der Waals surface area contributed by atoms with Crippen molar-refractivity contribution in [3.05, 3.63) is 46.9 Å².